The van der Waals surface area contributed by atoms with Crippen molar-refractivity contribution in [2.24, 2.45) is 0 Å². The molecule has 0 saturated heterocycles. The first-order valence-corrected chi connectivity index (χ1v) is 8.95. The summed E-state index contributed by atoms with van der Waals surface area (Å²) in [6.45, 7) is 0. The predicted octanol–water partition coefficient (Wildman–Crippen LogP) is 2.33. The topological polar surface area (TPSA) is 66.5 Å². The highest BCUT2D eigenvalue weighted by Gasteiger charge is 2.11. The van der Waals surface area contributed by atoms with E-state index in [2.05, 4.69) is 5.32 Å². The van der Waals surface area contributed by atoms with Crippen LogP contribution < -0.4 is 9.62 Å². The number of benzene rings is 1. The largest absolute Gasteiger partial charge is 0.326 e. The second-order valence-electron chi connectivity index (χ2n) is 4.58. The third-order valence-corrected chi connectivity index (χ3v) is 5.01. The van der Waals surface area contributed by atoms with Crippen molar-refractivity contribution < 1.29 is 13.2 Å². The van der Waals surface area contributed by atoms with Crippen molar-refractivity contribution in [2.45, 2.75) is 6.42 Å². The zero-order valence-corrected chi connectivity index (χ0v) is 13.4. The number of sulfonamides is 1. The number of rotatable bonds is 5. The van der Waals surface area contributed by atoms with Gasteiger partial charge < -0.3 is 5.32 Å². The van der Waals surface area contributed by atoms with E-state index in [0.29, 0.717) is 17.8 Å². The third kappa shape index (κ3) is 4.30. The minimum atomic E-state index is -3.28. The fraction of sp³-hybridized carbons (Fsp3) is 0.214. The summed E-state index contributed by atoms with van der Waals surface area (Å²) in [6.07, 6.45) is 1.48. The zero-order chi connectivity index (χ0) is 15.5. The Morgan fingerprint density at radius 1 is 1.24 bits per heavy atom. The molecule has 0 saturated carbocycles. The van der Waals surface area contributed by atoms with E-state index in [1.54, 1.807) is 24.3 Å². The Morgan fingerprint density at radius 2 is 1.90 bits per heavy atom. The van der Waals surface area contributed by atoms with Crippen LogP contribution in [0.5, 0.6) is 0 Å². The average molecular weight is 324 g/mol. The molecule has 1 heterocycles. The van der Waals surface area contributed by atoms with Gasteiger partial charge >= 0.3 is 0 Å². The van der Waals surface area contributed by atoms with Crippen LogP contribution in [0.3, 0.4) is 0 Å². The summed E-state index contributed by atoms with van der Waals surface area (Å²) < 4.78 is 24.0. The molecular weight excluding hydrogens is 308 g/mol. The predicted molar refractivity (Wildman–Crippen MR) is 86.3 cm³/mol. The van der Waals surface area contributed by atoms with E-state index in [4.69, 9.17) is 0 Å². The standard InChI is InChI=1S/C14H16N2O3S2/c1-16(21(2,18)19)12-7-5-11(6-8-12)15-14(17)10-13-4-3-9-20-13/h3-9H,10H2,1-2H3,(H,15,17). The molecule has 0 aliphatic heterocycles. The molecule has 112 valence electrons. The van der Waals surface area contributed by atoms with Crippen molar-refractivity contribution >= 4 is 38.6 Å². The summed E-state index contributed by atoms with van der Waals surface area (Å²) in [5, 5.41) is 4.71. The molecule has 1 aromatic carbocycles. The fourth-order valence-electron chi connectivity index (χ4n) is 1.72. The first-order chi connectivity index (χ1) is 9.86. The maximum atomic E-state index is 11.8. The molecule has 2 aromatic rings. The Morgan fingerprint density at radius 3 is 2.43 bits per heavy atom. The van der Waals surface area contributed by atoms with Gasteiger partial charge in [-0.05, 0) is 35.7 Å². The molecule has 0 aliphatic rings. The average Bonchev–Trinajstić information content (AvgIpc) is 2.90. The number of nitrogens with zero attached hydrogens (tertiary/aromatic N) is 1. The van der Waals surface area contributed by atoms with Gasteiger partial charge in [0.1, 0.15) is 0 Å². The van der Waals surface area contributed by atoms with E-state index < -0.39 is 10.0 Å². The minimum Gasteiger partial charge on any atom is -0.326 e. The van der Waals surface area contributed by atoms with Gasteiger partial charge in [0.25, 0.3) is 0 Å². The van der Waals surface area contributed by atoms with Gasteiger partial charge in [-0.3, -0.25) is 9.10 Å². The van der Waals surface area contributed by atoms with Gasteiger partial charge in [-0.15, -0.1) is 11.3 Å². The number of hydrogen-bond acceptors (Lipinski definition) is 4. The van der Waals surface area contributed by atoms with Crippen molar-refractivity contribution in [3.05, 3.63) is 46.7 Å². The van der Waals surface area contributed by atoms with Crippen LogP contribution >= 0.6 is 11.3 Å². The Balaban J connectivity index is 2.01. The SMILES string of the molecule is CN(c1ccc(NC(=O)Cc2cccs2)cc1)S(C)(=O)=O. The highest BCUT2D eigenvalue weighted by Crippen LogP contribution is 2.19. The molecule has 0 aliphatic carbocycles. The van der Waals surface area contributed by atoms with E-state index >= 15 is 0 Å². The number of amides is 1. The second kappa shape index (κ2) is 6.28. The van der Waals surface area contributed by atoms with E-state index in [-0.39, 0.29) is 5.91 Å². The van der Waals surface area contributed by atoms with Crippen LogP contribution in [-0.4, -0.2) is 27.6 Å². The molecule has 5 nitrogen and oxygen atoms in total. The number of anilines is 2. The zero-order valence-electron chi connectivity index (χ0n) is 11.7. The van der Waals surface area contributed by atoms with Gasteiger partial charge in [-0.2, -0.15) is 0 Å². The molecule has 7 heteroatoms. The van der Waals surface area contributed by atoms with Crippen molar-refractivity contribution in [3.63, 3.8) is 0 Å². The van der Waals surface area contributed by atoms with Gasteiger partial charge in [-0.25, -0.2) is 8.42 Å². The number of carbonyl (C=O) groups excluding carboxylic acids is 1. The van der Waals surface area contributed by atoms with Gasteiger partial charge in [-0.1, -0.05) is 6.07 Å². The Hall–Kier alpha value is -1.86. The Labute approximate surface area is 128 Å². The molecule has 0 radical (unpaired) electrons. The number of thiophene rings is 1. The lowest BCUT2D eigenvalue weighted by Crippen LogP contribution is -2.24. The fourth-order valence-corrected chi connectivity index (χ4v) is 2.93. The van der Waals surface area contributed by atoms with Gasteiger partial charge in [0.05, 0.1) is 18.4 Å². The molecule has 1 amide bonds. The van der Waals surface area contributed by atoms with Crippen LogP contribution in [0.25, 0.3) is 0 Å². The molecular formula is C14H16N2O3S2. The maximum absolute atomic E-state index is 11.8. The van der Waals surface area contributed by atoms with E-state index in [1.165, 1.54) is 22.7 Å². The first kappa shape index (κ1) is 15.5. The molecule has 1 N–H and O–H groups in total. The van der Waals surface area contributed by atoms with Crippen LogP contribution in [-0.2, 0) is 21.2 Å². The summed E-state index contributed by atoms with van der Waals surface area (Å²) in [5.41, 5.74) is 1.19. The number of carbonyl (C=O) groups is 1. The highest BCUT2D eigenvalue weighted by atomic mass is 32.2. The molecule has 0 spiro atoms. The van der Waals surface area contributed by atoms with Crippen molar-refractivity contribution in [2.75, 3.05) is 22.9 Å². The molecule has 0 fully saturated rings. The lowest BCUT2D eigenvalue weighted by Gasteiger charge is -2.16. The molecule has 1 aromatic heterocycles. The smallest absolute Gasteiger partial charge is 0.231 e. The summed E-state index contributed by atoms with van der Waals surface area (Å²) in [6, 6.07) is 10.5. The van der Waals surface area contributed by atoms with Crippen LogP contribution in [0.4, 0.5) is 11.4 Å². The molecule has 2 rings (SSSR count). The number of hydrogen-bond donors (Lipinski definition) is 1. The summed E-state index contributed by atoms with van der Waals surface area (Å²) in [5.74, 6) is -0.0957. The van der Waals surface area contributed by atoms with E-state index in [9.17, 15) is 13.2 Å². The van der Waals surface area contributed by atoms with E-state index in [0.717, 1.165) is 11.1 Å². The minimum absolute atomic E-state index is 0.0957. The summed E-state index contributed by atoms with van der Waals surface area (Å²) in [7, 11) is -1.79. The number of nitrogens with one attached hydrogen (secondary N) is 1. The van der Waals surface area contributed by atoms with Crippen LogP contribution in [0, 0.1) is 0 Å². The van der Waals surface area contributed by atoms with E-state index in [1.807, 2.05) is 17.5 Å². The highest BCUT2D eigenvalue weighted by molar-refractivity contribution is 7.92. The second-order valence-corrected chi connectivity index (χ2v) is 7.63. The monoisotopic (exact) mass is 324 g/mol. The molecule has 0 atom stereocenters. The van der Waals surface area contributed by atoms with Gasteiger partial charge in [0.15, 0.2) is 0 Å². The first-order valence-electron chi connectivity index (χ1n) is 6.22. The van der Waals surface area contributed by atoms with Crippen molar-refractivity contribution in [3.8, 4) is 0 Å². The molecule has 21 heavy (non-hydrogen) atoms. The van der Waals surface area contributed by atoms with Crippen LogP contribution in [0.1, 0.15) is 4.88 Å². The maximum Gasteiger partial charge on any atom is 0.231 e. The van der Waals surface area contributed by atoms with Gasteiger partial charge in [0, 0.05) is 17.6 Å². The Kier molecular flexibility index (Phi) is 4.64. The van der Waals surface area contributed by atoms with Crippen LogP contribution in [0.2, 0.25) is 0 Å². The molecule has 0 bridgehead atoms. The normalized spacial score (nSPS) is 11.1. The quantitative estimate of drug-likeness (QED) is 0.918. The van der Waals surface area contributed by atoms with Gasteiger partial charge in [0.2, 0.25) is 15.9 Å². The third-order valence-electron chi connectivity index (χ3n) is 2.93. The molecule has 0 unspecified atom stereocenters. The van der Waals surface area contributed by atoms with Crippen molar-refractivity contribution in [1.29, 1.82) is 0 Å². The summed E-state index contributed by atoms with van der Waals surface area (Å²) >= 11 is 1.54. The Bertz CT molecular complexity index is 707. The van der Waals surface area contributed by atoms with Crippen LogP contribution in [0.15, 0.2) is 41.8 Å². The van der Waals surface area contributed by atoms with Crippen molar-refractivity contribution in [1.82, 2.24) is 0 Å². The lowest BCUT2D eigenvalue weighted by atomic mass is 10.2. The lowest BCUT2D eigenvalue weighted by molar-refractivity contribution is -0.115. The summed E-state index contributed by atoms with van der Waals surface area (Å²) in [4.78, 5) is 12.8.